The van der Waals surface area contributed by atoms with E-state index in [0.29, 0.717) is 17.0 Å². The van der Waals surface area contributed by atoms with E-state index in [9.17, 15) is 8.42 Å². The van der Waals surface area contributed by atoms with E-state index in [1.807, 2.05) is 0 Å². The van der Waals surface area contributed by atoms with Gasteiger partial charge in [0.25, 0.3) is 0 Å². The molecule has 1 heterocycles. The van der Waals surface area contributed by atoms with Crippen molar-refractivity contribution in [3.8, 4) is 0 Å². The lowest BCUT2D eigenvalue weighted by molar-refractivity contribution is 0.319. The fraction of sp³-hybridized carbons (Fsp3) is 0.400. The topological polar surface area (TPSA) is 79.6 Å². The van der Waals surface area contributed by atoms with Crippen molar-refractivity contribution in [3.05, 3.63) is 23.5 Å². The second-order valence-electron chi connectivity index (χ2n) is 3.40. The van der Waals surface area contributed by atoms with Crippen LogP contribution < -0.4 is 0 Å². The van der Waals surface area contributed by atoms with E-state index < -0.39 is 9.84 Å². The lowest BCUT2D eigenvalue weighted by Crippen LogP contribution is -2.09. The number of rotatable bonds is 3. The molecule has 0 amide bonds. The molecule has 0 aromatic carbocycles. The number of nitrogens with zero attached hydrogens (tertiary/aromatic N) is 2. The highest BCUT2D eigenvalue weighted by Crippen LogP contribution is 2.16. The molecule has 0 atom stereocenters. The molecule has 0 radical (unpaired) electrons. The van der Waals surface area contributed by atoms with Crippen LogP contribution in [-0.4, -0.2) is 30.1 Å². The summed E-state index contributed by atoms with van der Waals surface area (Å²) in [5.74, 6) is 0.0221. The van der Waals surface area contributed by atoms with Gasteiger partial charge in [0.2, 0.25) is 0 Å². The van der Waals surface area contributed by atoms with Gasteiger partial charge in [0.15, 0.2) is 9.84 Å². The van der Waals surface area contributed by atoms with Gasteiger partial charge in [0, 0.05) is 11.8 Å². The van der Waals surface area contributed by atoms with Crippen molar-refractivity contribution < 1.29 is 13.6 Å². The highest BCUT2D eigenvalue weighted by molar-refractivity contribution is 7.91. The summed E-state index contributed by atoms with van der Waals surface area (Å²) in [6, 6.07) is 1.48. The number of sulfone groups is 1. The lowest BCUT2D eigenvalue weighted by atomic mass is 10.2. The molecule has 0 aliphatic heterocycles. The largest absolute Gasteiger partial charge is 0.411 e. The van der Waals surface area contributed by atoms with Crippen LogP contribution in [0.4, 0.5) is 0 Å². The van der Waals surface area contributed by atoms with Crippen molar-refractivity contribution in [1.82, 2.24) is 4.98 Å². The standard InChI is InChI=1S/C10H14N2O3S/c1-4-16(14,15)10-5-9(7(2)12-13)6-11-8(10)3/h5-6,13H,4H2,1-3H3/b12-7+. The zero-order valence-electron chi connectivity index (χ0n) is 9.43. The predicted molar refractivity (Wildman–Crippen MR) is 60.7 cm³/mol. The van der Waals surface area contributed by atoms with Crippen molar-refractivity contribution in [3.63, 3.8) is 0 Å². The summed E-state index contributed by atoms with van der Waals surface area (Å²) in [6.45, 7) is 4.79. The van der Waals surface area contributed by atoms with Gasteiger partial charge < -0.3 is 5.21 Å². The monoisotopic (exact) mass is 242 g/mol. The molecule has 0 fully saturated rings. The minimum atomic E-state index is -3.29. The smallest absolute Gasteiger partial charge is 0.179 e. The maximum atomic E-state index is 11.7. The van der Waals surface area contributed by atoms with Crippen molar-refractivity contribution in [2.45, 2.75) is 25.7 Å². The van der Waals surface area contributed by atoms with E-state index in [-0.39, 0.29) is 10.6 Å². The first kappa shape index (κ1) is 12.6. The van der Waals surface area contributed by atoms with Crippen molar-refractivity contribution >= 4 is 15.5 Å². The molecule has 5 nitrogen and oxygen atoms in total. The second kappa shape index (κ2) is 4.61. The number of aromatic nitrogens is 1. The van der Waals surface area contributed by atoms with Gasteiger partial charge in [-0.3, -0.25) is 4.98 Å². The first-order valence-corrected chi connectivity index (χ1v) is 6.46. The van der Waals surface area contributed by atoms with Gasteiger partial charge in [0.05, 0.1) is 22.1 Å². The first-order chi connectivity index (χ1) is 7.42. The molecule has 1 aromatic rings. The van der Waals surface area contributed by atoms with Gasteiger partial charge in [-0.1, -0.05) is 12.1 Å². The van der Waals surface area contributed by atoms with Crippen LogP contribution in [0, 0.1) is 6.92 Å². The maximum Gasteiger partial charge on any atom is 0.179 e. The molecule has 0 saturated heterocycles. The Morgan fingerprint density at radius 1 is 1.56 bits per heavy atom. The highest BCUT2D eigenvalue weighted by atomic mass is 32.2. The Bertz CT molecular complexity index is 521. The predicted octanol–water partition coefficient (Wildman–Crippen LogP) is 1.38. The van der Waals surface area contributed by atoms with Crippen LogP contribution in [0.15, 0.2) is 22.3 Å². The van der Waals surface area contributed by atoms with Crippen LogP contribution in [0.25, 0.3) is 0 Å². The Morgan fingerprint density at radius 3 is 2.69 bits per heavy atom. The number of pyridine rings is 1. The third-order valence-corrected chi connectivity index (χ3v) is 4.17. The molecular formula is C10H14N2O3S. The van der Waals surface area contributed by atoms with Crippen LogP contribution in [0.2, 0.25) is 0 Å². The van der Waals surface area contributed by atoms with E-state index >= 15 is 0 Å². The molecule has 0 aliphatic rings. The molecule has 0 aliphatic carbocycles. The van der Waals surface area contributed by atoms with E-state index in [4.69, 9.17) is 5.21 Å². The summed E-state index contributed by atoms with van der Waals surface area (Å²) in [5, 5.41) is 11.6. The second-order valence-corrected chi connectivity index (χ2v) is 5.64. The zero-order chi connectivity index (χ0) is 12.3. The van der Waals surface area contributed by atoms with E-state index in [1.54, 1.807) is 20.8 Å². The summed E-state index contributed by atoms with van der Waals surface area (Å²) in [6.07, 6.45) is 1.49. The fourth-order valence-corrected chi connectivity index (χ4v) is 2.36. The number of hydrogen-bond acceptors (Lipinski definition) is 5. The fourth-order valence-electron chi connectivity index (χ4n) is 1.24. The summed E-state index contributed by atoms with van der Waals surface area (Å²) in [4.78, 5) is 4.18. The maximum absolute atomic E-state index is 11.7. The average molecular weight is 242 g/mol. The van der Waals surface area contributed by atoms with Crippen molar-refractivity contribution in [2.75, 3.05) is 5.75 Å². The Morgan fingerprint density at radius 2 is 2.19 bits per heavy atom. The van der Waals surface area contributed by atoms with Gasteiger partial charge in [-0.2, -0.15) is 0 Å². The summed E-state index contributed by atoms with van der Waals surface area (Å²) < 4.78 is 23.5. The highest BCUT2D eigenvalue weighted by Gasteiger charge is 2.16. The van der Waals surface area contributed by atoms with Gasteiger partial charge in [-0.15, -0.1) is 0 Å². The quantitative estimate of drug-likeness (QED) is 0.493. The average Bonchev–Trinajstić information content (AvgIpc) is 2.28. The van der Waals surface area contributed by atoms with E-state index in [1.165, 1.54) is 12.3 Å². The van der Waals surface area contributed by atoms with Crippen molar-refractivity contribution in [1.29, 1.82) is 0 Å². The summed E-state index contributed by atoms with van der Waals surface area (Å²) >= 11 is 0. The van der Waals surface area contributed by atoms with E-state index in [2.05, 4.69) is 10.1 Å². The molecule has 1 N–H and O–H groups in total. The molecule has 0 bridgehead atoms. The Labute approximate surface area is 94.7 Å². The molecular weight excluding hydrogens is 228 g/mol. The molecule has 1 aromatic heterocycles. The molecule has 0 unspecified atom stereocenters. The molecule has 88 valence electrons. The van der Waals surface area contributed by atoms with Crippen LogP contribution in [-0.2, 0) is 9.84 Å². The minimum absolute atomic E-state index is 0.0221. The van der Waals surface area contributed by atoms with E-state index in [0.717, 1.165) is 0 Å². The van der Waals surface area contributed by atoms with Crippen LogP contribution in [0.1, 0.15) is 25.1 Å². The van der Waals surface area contributed by atoms with Crippen LogP contribution in [0.5, 0.6) is 0 Å². The summed E-state index contributed by atoms with van der Waals surface area (Å²) in [7, 11) is -3.29. The van der Waals surface area contributed by atoms with Crippen LogP contribution >= 0.6 is 0 Å². The molecule has 0 saturated carbocycles. The Balaban J connectivity index is 3.42. The number of oxime groups is 1. The zero-order valence-corrected chi connectivity index (χ0v) is 10.2. The molecule has 6 heteroatoms. The molecule has 0 spiro atoms. The Hall–Kier alpha value is -1.43. The Kier molecular flexibility index (Phi) is 3.64. The van der Waals surface area contributed by atoms with Gasteiger partial charge in [0.1, 0.15) is 0 Å². The first-order valence-electron chi connectivity index (χ1n) is 4.80. The summed E-state index contributed by atoms with van der Waals surface area (Å²) in [5.41, 5.74) is 1.29. The number of aryl methyl sites for hydroxylation is 1. The van der Waals surface area contributed by atoms with Gasteiger partial charge >= 0.3 is 0 Å². The van der Waals surface area contributed by atoms with Gasteiger partial charge in [-0.05, 0) is 19.9 Å². The third-order valence-electron chi connectivity index (χ3n) is 2.32. The lowest BCUT2D eigenvalue weighted by Gasteiger charge is -2.07. The van der Waals surface area contributed by atoms with Crippen LogP contribution in [0.3, 0.4) is 0 Å². The minimum Gasteiger partial charge on any atom is -0.411 e. The third kappa shape index (κ3) is 2.38. The van der Waals surface area contributed by atoms with Gasteiger partial charge in [-0.25, -0.2) is 8.42 Å². The van der Waals surface area contributed by atoms with Crippen molar-refractivity contribution in [2.24, 2.45) is 5.16 Å². The SMILES string of the molecule is CCS(=O)(=O)c1cc(/C(C)=N/O)cnc1C. The molecule has 16 heavy (non-hydrogen) atoms. The number of hydrogen-bond donors (Lipinski definition) is 1. The molecule has 1 rings (SSSR count). The normalized spacial score (nSPS) is 12.8.